The second kappa shape index (κ2) is 4.91. The van der Waals surface area contributed by atoms with Crippen molar-refractivity contribution in [2.75, 3.05) is 18.8 Å². The number of amides is 2. The zero-order valence-corrected chi connectivity index (χ0v) is 12.0. The minimum atomic E-state index is -3.98. The lowest BCUT2D eigenvalue weighted by molar-refractivity contribution is -0.134. The molecule has 2 amide bonds. The van der Waals surface area contributed by atoms with Crippen molar-refractivity contribution in [1.29, 1.82) is 0 Å². The molecular formula is C10H10BrN3O4S. The molecule has 1 saturated heterocycles. The quantitative estimate of drug-likeness (QED) is 0.562. The van der Waals surface area contributed by atoms with Gasteiger partial charge in [0.05, 0.1) is 18.8 Å². The van der Waals surface area contributed by atoms with Crippen molar-refractivity contribution in [3.63, 3.8) is 0 Å². The molecule has 102 valence electrons. The van der Waals surface area contributed by atoms with E-state index in [9.17, 15) is 18.0 Å². The minimum absolute atomic E-state index is 0.0571. The van der Waals surface area contributed by atoms with Gasteiger partial charge < -0.3 is 5.73 Å². The Morgan fingerprint density at radius 1 is 1.21 bits per heavy atom. The van der Waals surface area contributed by atoms with Crippen LogP contribution in [0.25, 0.3) is 0 Å². The highest BCUT2D eigenvalue weighted by atomic mass is 79.9. The number of hydrogen-bond donors (Lipinski definition) is 2. The van der Waals surface area contributed by atoms with E-state index in [4.69, 9.17) is 5.73 Å². The largest absolute Gasteiger partial charge is 0.398 e. The molecule has 1 aromatic carbocycles. The normalized spacial score (nSPS) is 17.3. The van der Waals surface area contributed by atoms with E-state index in [-0.39, 0.29) is 10.6 Å². The Kier molecular flexibility index (Phi) is 3.61. The number of carbonyl (C=O) groups excluding carboxylic acids is 2. The lowest BCUT2D eigenvalue weighted by atomic mass is 10.3. The molecule has 0 atom stereocenters. The number of nitrogens with two attached hydrogens (primary N) is 1. The highest BCUT2D eigenvalue weighted by Gasteiger charge is 2.34. The van der Waals surface area contributed by atoms with Crippen molar-refractivity contribution in [3.05, 3.63) is 22.7 Å². The summed E-state index contributed by atoms with van der Waals surface area (Å²) in [5.74, 6) is -1.32. The van der Waals surface area contributed by atoms with E-state index in [1.54, 1.807) is 6.07 Å². The number of hydrogen-bond acceptors (Lipinski definition) is 5. The van der Waals surface area contributed by atoms with Gasteiger partial charge >= 0.3 is 0 Å². The first kappa shape index (κ1) is 14.0. The average molecular weight is 348 g/mol. The minimum Gasteiger partial charge on any atom is -0.398 e. The first-order valence-electron chi connectivity index (χ1n) is 5.18. The molecule has 2 rings (SSSR count). The zero-order chi connectivity index (χ0) is 14.2. The van der Waals surface area contributed by atoms with Crippen LogP contribution < -0.4 is 11.1 Å². The van der Waals surface area contributed by atoms with Crippen LogP contribution in [0, 0.1) is 0 Å². The lowest BCUT2D eigenvalue weighted by Gasteiger charge is -2.25. The van der Waals surface area contributed by atoms with Crippen LogP contribution in [-0.2, 0) is 19.6 Å². The molecule has 0 aliphatic carbocycles. The number of benzene rings is 1. The van der Waals surface area contributed by atoms with E-state index in [0.717, 1.165) is 4.31 Å². The van der Waals surface area contributed by atoms with E-state index in [2.05, 4.69) is 15.9 Å². The summed E-state index contributed by atoms with van der Waals surface area (Å²) < 4.78 is 26.0. The Morgan fingerprint density at radius 2 is 1.79 bits per heavy atom. The Hall–Kier alpha value is -1.45. The molecule has 1 aromatic rings. The van der Waals surface area contributed by atoms with Gasteiger partial charge in [0, 0.05) is 4.47 Å². The van der Waals surface area contributed by atoms with E-state index >= 15 is 0 Å². The third kappa shape index (κ3) is 2.77. The van der Waals surface area contributed by atoms with Crippen LogP contribution in [0.2, 0.25) is 0 Å². The number of anilines is 1. The number of nitrogens with one attached hydrogen (secondary N) is 1. The lowest BCUT2D eigenvalue weighted by Crippen LogP contribution is -2.53. The van der Waals surface area contributed by atoms with E-state index in [0.29, 0.717) is 4.47 Å². The second-order valence-electron chi connectivity index (χ2n) is 3.93. The van der Waals surface area contributed by atoms with Crippen molar-refractivity contribution >= 4 is 43.5 Å². The number of imide groups is 1. The Bertz CT molecular complexity index is 643. The molecule has 1 aliphatic heterocycles. The smallest absolute Gasteiger partial charge is 0.246 e. The molecule has 0 aromatic heterocycles. The molecule has 0 saturated carbocycles. The second-order valence-corrected chi connectivity index (χ2v) is 6.75. The summed E-state index contributed by atoms with van der Waals surface area (Å²) >= 11 is 3.15. The fourth-order valence-corrected chi connectivity index (χ4v) is 3.66. The van der Waals surface area contributed by atoms with Gasteiger partial charge in [0.2, 0.25) is 21.8 Å². The summed E-state index contributed by atoms with van der Waals surface area (Å²) in [5.41, 5.74) is 5.70. The van der Waals surface area contributed by atoms with Gasteiger partial charge in [0.1, 0.15) is 4.90 Å². The van der Waals surface area contributed by atoms with Crippen molar-refractivity contribution in [2.45, 2.75) is 4.90 Å². The molecule has 7 nitrogen and oxygen atoms in total. The maximum Gasteiger partial charge on any atom is 0.246 e. The van der Waals surface area contributed by atoms with Crippen molar-refractivity contribution < 1.29 is 18.0 Å². The van der Waals surface area contributed by atoms with Crippen LogP contribution in [0.3, 0.4) is 0 Å². The predicted octanol–water partition coefficient (Wildman–Crippen LogP) is -0.322. The third-order valence-electron chi connectivity index (χ3n) is 2.51. The van der Waals surface area contributed by atoms with Crippen LogP contribution in [-0.4, -0.2) is 37.6 Å². The topological polar surface area (TPSA) is 110 Å². The Labute approximate surface area is 117 Å². The van der Waals surface area contributed by atoms with E-state index in [1.165, 1.54) is 12.1 Å². The van der Waals surface area contributed by atoms with Gasteiger partial charge in [-0.25, -0.2) is 8.42 Å². The molecule has 0 spiro atoms. The monoisotopic (exact) mass is 347 g/mol. The van der Waals surface area contributed by atoms with Crippen molar-refractivity contribution in [3.8, 4) is 0 Å². The summed E-state index contributed by atoms with van der Waals surface area (Å²) in [7, 11) is -3.98. The maximum atomic E-state index is 12.3. The molecule has 0 radical (unpaired) electrons. The van der Waals surface area contributed by atoms with Crippen LogP contribution in [0.1, 0.15) is 0 Å². The third-order valence-corrected chi connectivity index (χ3v) is 4.85. The van der Waals surface area contributed by atoms with Gasteiger partial charge in [0.25, 0.3) is 0 Å². The van der Waals surface area contributed by atoms with E-state index in [1.807, 2.05) is 5.32 Å². The number of rotatable bonds is 2. The molecule has 0 bridgehead atoms. The summed E-state index contributed by atoms with van der Waals surface area (Å²) in [5, 5.41) is 2.03. The van der Waals surface area contributed by atoms with Crippen LogP contribution in [0.4, 0.5) is 5.69 Å². The van der Waals surface area contributed by atoms with Crippen molar-refractivity contribution in [2.24, 2.45) is 0 Å². The molecule has 1 heterocycles. The highest BCUT2D eigenvalue weighted by Crippen LogP contribution is 2.26. The summed E-state index contributed by atoms with van der Waals surface area (Å²) in [6.07, 6.45) is 0. The number of carbonyl (C=O) groups is 2. The summed E-state index contributed by atoms with van der Waals surface area (Å²) in [4.78, 5) is 22.3. The number of nitrogen functional groups attached to an aromatic ring is 1. The van der Waals surface area contributed by atoms with Gasteiger partial charge in [-0.3, -0.25) is 14.9 Å². The van der Waals surface area contributed by atoms with E-state index < -0.39 is 34.9 Å². The molecule has 19 heavy (non-hydrogen) atoms. The zero-order valence-electron chi connectivity index (χ0n) is 9.59. The first-order chi connectivity index (χ1) is 8.80. The van der Waals surface area contributed by atoms with Gasteiger partial charge in [-0.15, -0.1) is 0 Å². The Balaban J connectivity index is 2.44. The number of nitrogens with zero attached hydrogens (tertiary/aromatic N) is 1. The summed E-state index contributed by atoms with van der Waals surface area (Å²) in [6.45, 7) is -0.806. The van der Waals surface area contributed by atoms with Gasteiger partial charge in [-0.2, -0.15) is 4.31 Å². The molecule has 3 N–H and O–H groups in total. The SMILES string of the molecule is Nc1ccc(Br)cc1S(=O)(=O)N1CC(=O)NC(=O)C1. The van der Waals surface area contributed by atoms with Gasteiger partial charge in [0.15, 0.2) is 0 Å². The molecule has 1 aliphatic rings. The molecule has 9 heteroatoms. The molecule has 0 unspecified atom stereocenters. The van der Waals surface area contributed by atoms with Gasteiger partial charge in [-0.1, -0.05) is 15.9 Å². The highest BCUT2D eigenvalue weighted by molar-refractivity contribution is 9.10. The maximum absolute atomic E-state index is 12.3. The Morgan fingerprint density at radius 3 is 2.37 bits per heavy atom. The van der Waals surface area contributed by atoms with Crippen LogP contribution in [0.5, 0.6) is 0 Å². The summed E-state index contributed by atoms with van der Waals surface area (Å²) in [6, 6.07) is 4.37. The fourth-order valence-electron chi connectivity index (χ4n) is 1.65. The standard InChI is InChI=1S/C10H10BrN3O4S/c11-6-1-2-7(12)8(3-6)19(17,18)14-4-9(15)13-10(16)5-14/h1-3H,4-5,12H2,(H,13,15,16). The number of sulfonamides is 1. The number of piperazine rings is 1. The van der Waals surface area contributed by atoms with Crippen LogP contribution >= 0.6 is 15.9 Å². The van der Waals surface area contributed by atoms with Crippen molar-refractivity contribution in [1.82, 2.24) is 9.62 Å². The van der Waals surface area contributed by atoms with Crippen LogP contribution in [0.15, 0.2) is 27.6 Å². The number of halogens is 1. The predicted molar refractivity (Wildman–Crippen MR) is 70.5 cm³/mol. The molecular weight excluding hydrogens is 338 g/mol. The average Bonchev–Trinajstić information content (AvgIpc) is 2.31. The first-order valence-corrected chi connectivity index (χ1v) is 7.42. The fraction of sp³-hybridized carbons (Fsp3) is 0.200. The van der Waals surface area contributed by atoms with Gasteiger partial charge in [-0.05, 0) is 18.2 Å². The molecule has 1 fully saturated rings.